The van der Waals surface area contributed by atoms with Crippen molar-refractivity contribution in [1.82, 2.24) is 4.98 Å². The van der Waals surface area contributed by atoms with E-state index in [1.165, 1.54) is 11.1 Å². The highest BCUT2D eigenvalue weighted by Crippen LogP contribution is 2.45. The Kier molecular flexibility index (Phi) is 5.68. The van der Waals surface area contributed by atoms with Crippen LogP contribution in [0.25, 0.3) is 0 Å². The number of rotatable bonds is 5. The molecule has 0 saturated heterocycles. The Morgan fingerprint density at radius 1 is 1.17 bits per heavy atom. The number of ketones is 1. The van der Waals surface area contributed by atoms with Crippen LogP contribution in [-0.4, -0.2) is 21.8 Å². The first-order valence-electron chi connectivity index (χ1n) is 9.01. The van der Waals surface area contributed by atoms with E-state index in [1.54, 1.807) is 54.7 Å². The van der Waals surface area contributed by atoms with Gasteiger partial charge in [-0.1, -0.05) is 45.2 Å². The Morgan fingerprint density at radius 3 is 2.67 bits per heavy atom. The predicted octanol–water partition coefficient (Wildman–Crippen LogP) is 5.16. The number of nitrogens with zero attached hydrogens (tertiary/aromatic N) is 2. The molecule has 1 unspecified atom stereocenters. The molecule has 0 aliphatic carbocycles. The maximum atomic E-state index is 13.4. The van der Waals surface area contributed by atoms with Gasteiger partial charge in [-0.2, -0.15) is 0 Å². The van der Waals surface area contributed by atoms with E-state index in [-0.39, 0.29) is 12.3 Å². The number of halogens is 3. The molecule has 1 aromatic heterocycles. The van der Waals surface area contributed by atoms with Crippen molar-refractivity contribution in [3.05, 3.63) is 92.1 Å². The second-order valence-electron chi connectivity index (χ2n) is 6.99. The van der Waals surface area contributed by atoms with E-state index in [1.807, 2.05) is 0 Å². The third-order valence-corrected chi connectivity index (χ3v) is 6.12. The van der Waals surface area contributed by atoms with Gasteiger partial charge in [-0.15, -0.1) is 0 Å². The highest BCUT2D eigenvalue weighted by atomic mass is 79.9. The van der Waals surface area contributed by atoms with Gasteiger partial charge in [0.05, 0.1) is 18.7 Å². The quantitative estimate of drug-likeness (QED) is 0.486. The van der Waals surface area contributed by atoms with Crippen molar-refractivity contribution in [1.29, 1.82) is 0 Å². The standard InChI is InChI=1S/C22H15BrCl2N2O3/c23-15-4-6-19-17(8-15)22(30,10-20(28)13-2-1-7-26-11-13)21(29)27(19)12-14-3-5-16(24)9-18(14)25/h1-9,11,30H,10,12H2. The lowest BCUT2D eigenvalue weighted by atomic mass is 9.88. The number of hydrogen-bond donors (Lipinski definition) is 1. The van der Waals surface area contributed by atoms with E-state index in [0.29, 0.717) is 36.9 Å². The summed E-state index contributed by atoms with van der Waals surface area (Å²) < 4.78 is 0.688. The molecule has 1 N–H and O–H groups in total. The number of benzene rings is 2. The highest BCUT2D eigenvalue weighted by molar-refractivity contribution is 9.10. The van der Waals surface area contributed by atoms with Crippen molar-refractivity contribution in [2.24, 2.45) is 0 Å². The minimum atomic E-state index is -2.00. The number of aliphatic hydroxyl groups is 1. The summed E-state index contributed by atoms with van der Waals surface area (Å²) >= 11 is 15.6. The molecule has 1 aliphatic heterocycles. The van der Waals surface area contributed by atoms with Crippen molar-refractivity contribution < 1.29 is 14.7 Å². The van der Waals surface area contributed by atoms with Crippen LogP contribution in [-0.2, 0) is 16.9 Å². The molecule has 2 aromatic carbocycles. The SMILES string of the molecule is O=C(CC1(O)C(=O)N(Cc2ccc(Cl)cc2Cl)c2ccc(Br)cc21)c1cccnc1. The van der Waals surface area contributed by atoms with Crippen LogP contribution >= 0.6 is 39.1 Å². The Hall–Kier alpha value is -2.25. The Bertz CT molecular complexity index is 1160. The zero-order chi connectivity index (χ0) is 21.5. The van der Waals surface area contributed by atoms with Crippen LogP contribution in [0.1, 0.15) is 27.9 Å². The summed E-state index contributed by atoms with van der Waals surface area (Å²) in [6.45, 7) is 0.132. The normalized spacial score (nSPS) is 17.9. The van der Waals surface area contributed by atoms with Crippen molar-refractivity contribution in [3.63, 3.8) is 0 Å². The van der Waals surface area contributed by atoms with E-state index < -0.39 is 17.9 Å². The molecule has 30 heavy (non-hydrogen) atoms. The maximum absolute atomic E-state index is 13.4. The van der Waals surface area contributed by atoms with Crippen molar-refractivity contribution in [3.8, 4) is 0 Å². The lowest BCUT2D eigenvalue weighted by molar-refractivity contribution is -0.136. The van der Waals surface area contributed by atoms with Gasteiger partial charge in [0.15, 0.2) is 11.4 Å². The summed E-state index contributed by atoms with van der Waals surface area (Å²) in [6, 6.07) is 13.4. The molecule has 1 aliphatic rings. The lowest BCUT2D eigenvalue weighted by Gasteiger charge is -2.23. The molecule has 5 nitrogen and oxygen atoms in total. The Morgan fingerprint density at radius 2 is 1.97 bits per heavy atom. The van der Waals surface area contributed by atoms with Crippen molar-refractivity contribution >= 4 is 56.5 Å². The molecule has 0 saturated carbocycles. The molecule has 8 heteroatoms. The molecular weight excluding hydrogens is 491 g/mol. The van der Waals surface area contributed by atoms with E-state index in [4.69, 9.17) is 23.2 Å². The molecule has 0 radical (unpaired) electrons. The van der Waals surface area contributed by atoms with Crippen LogP contribution < -0.4 is 4.90 Å². The van der Waals surface area contributed by atoms with E-state index in [2.05, 4.69) is 20.9 Å². The second kappa shape index (κ2) is 8.12. The number of hydrogen-bond acceptors (Lipinski definition) is 4. The topological polar surface area (TPSA) is 70.5 Å². The average molecular weight is 506 g/mol. The van der Waals surface area contributed by atoms with Gasteiger partial charge < -0.3 is 10.0 Å². The minimum Gasteiger partial charge on any atom is -0.375 e. The van der Waals surface area contributed by atoms with Gasteiger partial charge >= 0.3 is 0 Å². The molecule has 152 valence electrons. The fraction of sp³-hybridized carbons (Fsp3) is 0.136. The number of anilines is 1. The van der Waals surface area contributed by atoms with Gasteiger partial charge in [-0.25, -0.2) is 0 Å². The summed E-state index contributed by atoms with van der Waals surface area (Å²) in [5.41, 5.74) is -0.106. The first kappa shape index (κ1) is 21.0. The van der Waals surface area contributed by atoms with Crippen LogP contribution in [0.4, 0.5) is 5.69 Å². The molecule has 0 fully saturated rings. The largest absolute Gasteiger partial charge is 0.375 e. The fourth-order valence-corrected chi connectivity index (χ4v) is 4.36. The molecule has 4 rings (SSSR count). The van der Waals surface area contributed by atoms with Crippen LogP contribution in [0.2, 0.25) is 10.0 Å². The smallest absolute Gasteiger partial charge is 0.264 e. The van der Waals surface area contributed by atoms with E-state index in [0.717, 1.165) is 0 Å². The molecule has 0 spiro atoms. The zero-order valence-electron chi connectivity index (χ0n) is 15.5. The Balaban J connectivity index is 1.73. The third kappa shape index (κ3) is 3.76. The lowest BCUT2D eigenvalue weighted by Crippen LogP contribution is -2.41. The van der Waals surface area contributed by atoms with Crippen LogP contribution in [0, 0.1) is 0 Å². The van der Waals surface area contributed by atoms with Gasteiger partial charge in [0.25, 0.3) is 5.91 Å². The van der Waals surface area contributed by atoms with Crippen LogP contribution in [0.3, 0.4) is 0 Å². The number of aromatic nitrogens is 1. The summed E-state index contributed by atoms with van der Waals surface area (Å²) in [6.07, 6.45) is 2.57. The first-order valence-corrected chi connectivity index (χ1v) is 10.6. The molecule has 2 heterocycles. The van der Waals surface area contributed by atoms with E-state index >= 15 is 0 Å². The Labute approximate surface area is 191 Å². The molecule has 1 atom stereocenters. The number of amides is 1. The van der Waals surface area contributed by atoms with Crippen LogP contribution in [0.5, 0.6) is 0 Å². The molecule has 1 amide bonds. The average Bonchev–Trinajstić information content (AvgIpc) is 2.92. The second-order valence-corrected chi connectivity index (χ2v) is 8.75. The van der Waals surface area contributed by atoms with E-state index in [9.17, 15) is 14.7 Å². The van der Waals surface area contributed by atoms with Gasteiger partial charge in [-0.05, 0) is 48.0 Å². The van der Waals surface area contributed by atoms with Crippen molar-refractivity contribution in [2.75, 3.05) is 4.90 Å². The fourth-order valence-electron chi connectivity index (χ4n) is 3.53. The molecular formula is C22H15BrCl2N2O3. The van der Waals surface area contributed by atoms with Crippen LogP contribution in [0.15, 0.2) is 65.4 Å². The van der Waals surface area contributed by atoms with Gasteiger partial charge in [0.1, 0.15) is 0 Å². The number of fused-ring (bicyclic) bond motifs is 1. The minimum absolute atomic E-state index is 0.132. The summed E-state index contributed by atoms with van der Waals surface area (Å²) in [7, 11) is 0. The van der Waals surface area contributed by atoms with Gasteiger partial charge in [0, 0.05) is 38.0 Å². The summed E-state index contributed by atoms with van der Waals surface area (Å²) in [5, 5.41) is 12.3. The molecule has 3 aromatic rings. The monoisotopic (exact) mass is 504 g/mol. The zero-order valence-corrected chi connectivity index (χ0v) is 18.6. The highest BCUT2D eigenvalue weighted by Gasteiger charge is 2.51. The van der Waals surface area contributed by atoms with Gasteiger partial charge in [0.2, 0.25) is 0 Å². The predicted molar refractivity (Wildman–Crippen MR) is 119 cm³/mol. The number of carbonyl (C=O) groups excluding carboxylic acids is 2. The third-order valence-electron chi connectivity index (χ3n) is 5.04. The number of pyridine rings is 1. The van der Waals surface area contributed by atoms with Gasteiger partial charge in [-0.3, -0.25) is 14.6 Å². The first-order chi connectivity index (χ1) is 14.3. The summed E-state index contributed by atoms with van der Waals surface area (Å²) in [4.78, 5) is 31.5. The molecule has 0 bridgehead atoms. The summed E-state index contributed by atoms with van der Waals surface area (Å²) in [5.74, 6) is -0.963. The maximum Gasteiger partial charge on any atom is 0.264 e. The van der Waals surface area contributed by atoms with Crippen molar-refractivity contribution in [2.45, 2.75) is 18.6 Å². The number of Topliss-reactive ketones (excluding diaryl/α,β-unsaturated/α-hetero) is 1. The number of carbonyl (C=O) groups is 2.